The summed E-state index contributed by atoms with van der Waals surface area (Å²) in [6.07, 6.45) is 16.9. The molecule has 0 bridgehead atoms. The molecule has 0 fully saturated rings. The lowest BCUT2D eigenvalue weighted by molar-refractivity contribution is 0.505. The quantitative estimate of drug-likeness (QED) is 0.773. The van der Waals surface area contributed by atoms with E-state index < -0.39 is 11.6 Å². The molecule has 2 aliphatic heterocycles. The number of fused-ring (bicyclic) bond motifs is 2. The van der Waals surface area contributed by atoms with Crippen molar-refractivity contribution in [3.63, 3.8) is 0 Å². The SMILES string of the molecule is CC1=C(C(C2=C3C=CC=CC3NC2C)c2ccc(F)c(F)c2)C2C=CC=CC2N1. The van der Waals surface area contributed by atoms with Crippen molar-refractivity contribution < 1.29 is 8.78 Å². The Morgan fingerprint density at radius 2 is 1.72 bits per heavy atom. The average Bonchev–Trinajstić information content (AvgIpc) is 3.22. The summed E-state index contributed by atoms with van der Waals surface area (Å²) in [5, 5.41) is 7.23. The van der Waals surface area contributed by atoms with Crippen molar-refractivity contribution in [1.29, 1.82) is 0 Å². The highest BCUT2D eigenvalue weighted by molar-refractivity contribution is 5.56. The van der Waals surface area contributed by atoms with Crippen molar-refractivity contribution in [2.75, 3.05) is 0 Å². The van der Waals surface area contributed by atoms with Crippen molar-refractivity contribution >= 4 is 0 Å². The zero-order valence-corrected chi connectivity index (χ0v) is 16.5. The molecule has 148 valence electrons. The Bertz CT molecular complexity index is 1040. The minimum absolute atomic E-state index is 0.123. The van der Waals surface area contributed by atoms with E-state index in [1.165, 1.54) is 28.9 Å². The van der Waals surface area contributed by atoms with E-state index in [9.17, 15) is 8.78 Å². The Morgan fingerprint density at radius 3 is 2.55 bits per heavy atom. The number of rotatable bonds is 3. The Kier molecular flexibility index (Phi) is 4.39. The van der Waals surface area contributed by atoms with Gasteiger partial charge in [0.15, 0.2) is 11.6 Å². The molecule has 2 N–H and O–H groups in total. The molecule has 1 aromatic carbocycles. The van der Waals surface area contributed by atoms with Crippen molar-refractivity contribution in [1.82, 2.24) is 10.6 Å². The zero-order chi connectivity index (χ0) is 20.1. The molecule has 2 nitrogen and oxygen atoms in total. The molecule has 2 heterocycles. The molecule has 29 heavy (non-hydrogen) atoms. The number of halogens is 2. The third-order valence-corrected chi connectivity index (χ3v) is 6.46. The van der Waals surface area contributed by atoms with E-state index in [1.807, 2.05) is 6.08 Å². The van der Waals surface area contributed by atoms with Crippen LogP contribution < -0.4 is 10.6 Å². The van der Waals surface area contributed by atoms with Gasteiger partial charge in [-0.05, 0) is 48.3 Å². The van der Waals surface area contributed by atoms with Crippen LogP contribution in [0.3, 0.4) is 0 Å². The summed E-state index contributed by atoms with van der Waals surface area (Å²) >= 11 is 0. The van der Waals surface area contributed by atoms with Crippen LogP contribution in [0.15, 0.2) is 89.2 Å². The lowest BCUT2D eigenvalue weighted by Crippen LogP contribution is -2.31. The summed E-state index contributed by atoms with van der Waals surface area (Å²) in [5.74, 6) is -1.54. The fraction of sp³-hybridized carbons (Fsp3) is 0.280. The van der Waals surface area contributed by atoms with Gasteiger partial charge in [-0.15, -0.1) is 0 Å². The third-order valence-electron chi connectivity index (χ3n) is 6.46. The van der Waals surface area contributed by atoms with E-state index in [2.05, 4.69) is 67.0 Å². The molecule has 0 radical (unpaired) electrons. The molecule has 5 atom stereocenters. The summed E-state index contributed by atoms with van der Waals surface area (Å²) in [6, 6.07) is 4.83. The monoisotopic (exact) mass is 390 g/mol. The van der Waals surface area contributed by atoms with E-state index in [0.717, 1.165) is 11.3 Å². The fourth-order valence-corrected chi connectivity index (χ4v) is 5.24. The molecule has 0 spiro atoms. The molecule has 2 aliphatic carbocycles. The Labute approximate surface area is 170 Å². The second-order valence-electron chi connectivity index (χ2n) is 8.17. The summed E-state index contributed by atoms with van der Waals surface area (Å²) < 4.78 is 28.0. The lowest BCUT2D eigenvalue weighted by Gasteiger charge is -2.29. The standard InChI is InChI=1S/C25H24F2N2/c1-14-23(17-7-3-5-9-21(17)28-14)25(16-11-12-19(26)20(27)13-16)24-15(2)29-22-10-6-4-8-18(22)24/h3-14,18,21-22,25,28-29H,1-2H3. The topological polar surface area (TPSA) is 24.1 Å². The second kappa shape index (κ2) is 6.96. The van der Waals surface area contributed by atoms with Gasteiger partial charge in [0.2, 0.25) is 0 Å². The second-order valence-corrected chi connectivity index (χ2v) is 8.17. The van der Waals surface area contributed by atoms with Gasteiger partial charge in [0, 0.05) is 23.6 Å². The summed E-state index contributed by atoms with van der Waals surface area (Å²) in [5.41, 5.74) is 5.62. The van der Waals surface area contributed by atoms with Crippen molar-refractivity contribution in [2.45, 2.75) is 37.9 Å². The van der Waals surface area contributed by atoms with Crippen LogP contribution in [0.2, 0.25) is 0 Å². The van der Waals surface area contributed by atoms with Crippen LogP contribution in [0, 0.1) is 17.6 Å². The van der Waals surface area contributed by atoms with Gasteiger partial charge in [-0.3, -0.25) is 0 Å². The first-order valence-electron chi connectivity index (χ1n) is 10.2. The van der Waals surface area contributed by atoms with Crippen LogP contribution in [0.1, 0.15) is 25.3 Å². The van der Waals surface area contributed by atoms with Gasteiger partial charge in [0.05, 0.1) is 12.1 Å². The summed E-state index contributed by atoms with van der Waals surface area (Å²) in [7, 11) is 0. The van der Waals surface area contributed by atoms with E-state index in [4.69, 9.17) is 0 Å². The van der Waals surface area contributed by atoms with Gasteiger partial charge in [-0.25, -0.2) is 8.78 Å². The molecular weight excluding hydrogens is 366 g/mol. The van der Waals surface area contributed by atoms with Crippen molar-refractivity contribution in [2.24, 2.45) is 5.92 Å². The maximum absolute atomic E-state index is 14.3. The minimum Gasteiger partial charge on any atom is -0.381 e. The van der Waals surface area contributed by atoms with E-state index in [-0.39, 0.29) is 30.0 Å². The molecular formula is C25H24F2N2. The molecule has 1 aromatic rings. The fourth-order valence-electron chi connectivity index (χ4n) is 5.24. The normalized spacial score (nSPS) is 30.6. The van der Waals surface area contributed by atoms with Gasteiger partial charge >= 0.3 is 0 Å². The van der Waals surface area contributed by atoms with Crippen LogP contribution in [0.5, 0.6) is 0 Å². The summed E-state index contributed by atoms with van der Waals surface area (Å²) in [6.45, 7) is 4.25. The number of allylic oxidation sites excluding steroid dienone is 5. The minimum atomic E-state index is -0.810. The van der Waals surface area contributed by atoms with Crippen LogP contribution in [-0.4, -0.2) is 18.1 Å². The average molecular weight is 390 g/mol. The Hall–Kier alpha value is -2.72. The number of hydrogen-bond donors (Lipinski definition) is 2. The maximum Gasteiger partial charge on any atom is 0.159 e. The lowest BCUT2D eigenvalue weighted by atomic mass is 9.73. The first kappa shape index (κ1) is 18.3. The number of hydrogen-bond acceptors (Lipinski definition) is 2. The smallest absolute Gasteiger partial charge is 0.159 e. The molecule has 0 saturated heterocycles. The number of nitrogens with one attached hydrogen (secondary N) is 2. The molecule has 4 aliphatic rings. The first-order valence-corrected chi connectivity index (χ1v) is 10.2. The third kappa shape index (κ3) is 2.94. The van der Waals surface area contributed by atoms with Crippen LogP contribution in [0.25, 0.3) is 0 Å². The predicted octanol–water partition coefficient (Wildman–Crippen LogP) is 4.82. The van der Waals surface area contributed by atoms with Crippen LogP contribution in [-0.2, 0) is 0 Å². The van der Waals surface area contributed by atoms with Gasteiger partial charge in [0.25, 0.3) is 0 Å². The predicted molar refractivity (Wildman–Crippen MR) is 112 cm³/mol. The number of benzene rings is 1. The summed E-state index contributed by atoms with van der Waals surface area (Å²) in [4.78, 5) is 0. The van der Waals surface area contributed by atoms with Crippen molar-refractivity contribution in [3.05, 3.63) is 106 Å². The molecule has 4 heteroatoms. The van der Waals surface area contributed by atoms with Gasteiger partial charge in [0.1, 0.15) is 0 Å². The van der Waals surface area contributed by atoms with E-state index in [0.29, 0.717) is 0 Å². The highest BCUT2D eigenvalue weighted by atomic mass is 19.2. The highest BCUT2D eigenvalue weighted by Gasteiger charge is 2.41. The Morgan fingerprint density at radius 1 is 0.931 bits per heavy atom. The first-order chi connectivity index (χ1) is 14.0. The van der Waals surface area contributed by atoms with E-state index in [1.54, 1.807) is 6.07 Å². The molecule has 0 saturated carbocycles. The molecule has 5 unspecified atom stereocenters. The molecule has 5 rings (SSSR count). The van der Waals surface area contributed by atoms with E-state index >= 15 is 0 Å². The van der Waals surface area contributed by atoms with Gasteiger partial charge in [-0.1, -0.05) is 54.7 Å². The Balaban J connectivity index is 1.71. The van der Waals surface area contributed by atoms with Crippen LogP contribution >= 0.6 is 0 Å². The molecule has 0 amide bonds. The van der Waals surface area contributed by atoms with Crippen LogP contribution in [0.4, 0.5) is 8.78 Å². The maximum atomic E-state index is 14.3. The van der Waals surface area contributed by atoms with Gasteiger partial charge < -0.3 is 10.6 Å². The largest absolute Gasteiger partial charge is 0.381 e. The molecule has 0 aromatic heterocycles. The van der Waals surface area contributed by atoms with Crippen molar-refractivity contribution in [3.8, 4) is 0 Å². The highest BCUT2D eigenvalue weighted by Crippen LogP contribution is 2.47. The van der Waals surface area contributed by atoms with Gasteiger partial charge in [-0.2, -0.15) is 0 Å². The zero-order valence-electron chi connectivity index (χ0n) is 16.5.